The molecule has 0 radical (unpaired) electrons. The van der Waals surface area contributed by atoms with Crippen LogP contribution in [0.2, 0.25) is 0 Å². The maximum Gasteiger partial charge on any atom is 0.0693 e. The summed E-state index contributed by atoms with van der Waals surface area (Å²) in [6, 6.07) is 0. The van der Waals surface area contributed by atoms with E-state index in [4.69, 9.17) is 69.6 Å². The molecule has 1 aliphatic rings. The summed E-state index contributed by atoms with van der Waals surface area (Å²) in [5.74, 6) is 0. The minimum absolute atomic E-state index is 0.437. The topological polar surface area (TPSA) is 0 Å². The molecule has 0 amide bonds. The second kappa shape index (κ2) is 10.9. The van der Waals surface area contributed by atoms with E-state index >= 15 is 0 Å². The number of alkyl halides is 6. The molecule has 0 aromatic carbocycles. The molecule has 0 saturated heterocycles. The first-order valence-corrected chi connectivity index (χ1v) is 13.0. The number of halogens is 6. The molecule has 0 spiro atoms. The summed E-state index contributed by atoms with van der Waals surface area (Å²) in [6.07, 6.45) is 5.93. The van der Waals surface area contributed by atoms with Gasteiger partial charge in [-0.25, -0.2) is 0 Å². The smallest absolute Gasteiger partial charge is 0.0693 e. The molecule has 21 heavy (non-hydrogen) atoms. The van der Waals surface area contributed by atoms with E-state index in [0.717, 1.165) is 0 Å². The van der Waals surface area contributed by atoms with Gasteiger partial charge in [-0.2, -0.15) is 0 Å². The third-order valence-corrected chi connectivity index (χ3v) is 14.9. The normalized spacial score (nSPS) is 37.6. The Bertz CT molecular complexity index is 211. The van der Waals surface area contributed by atoms with Crippen molar-refractivity contribution in [3.8, 4) is 0 Å². The minimum Gasteiger partial charge on any atom is -0.120 e. The predicted octanol–water partition coefficient (Wildman–Crippen LogP) is 6.46. The Kier molecular flexibility index (Phi) is 12.0. The zero-order valence-corrected chi connectivity index (χ0v) is 18.6. The van der Waals surface area contributed by atoms with Crippen LogP contribution >= 0.6 is 76.9 Å². The summed E-state index contributed by atoms with van der Waals surface area (Å²) in [5.41, 5.74) is 0. The summed E-state index contributed by atoms with van der Waals surface area (Å²) in [7, 11) is -0.691. The van der Waals surface area contributed by atoms with E-state index in [1.807, 2.05) is 0 Å². The van der Waals surface area contributed by atoms with Gasteiger partial charge in [0.05, 0.1) is 32.3 Å². The van der Waals surface area contributed by atoms with Crippen molar-refractivity contribution < 1.29 is 0 Å². The molecular formula is C14H27Cl6P. The van der Waals surface area contributed by atoms with Crippen molar-refractivity contribution in [2.45, 2.75) is 60.0 Å². The average Bonchev–Trinajstić information content (AvgIpc) is 2.52. The second-order valence-electron chi connectivity index (χ2n) is 5.58. The Balaban J connectivity index is 0.000000400. The van der Waals surface area contributed by atoms with Crippen LogP contribution in [0.25, 0.3) is 0 Å². The monoisotopic (exact) mass is 436 g/mol. The van der Waals surface area contributed by atoms with Crippen molar-refractivity contribution in [2.75, 3.05) is 24.6 Å². The predicted molar refractivity (Wildman–Crippen MR) is 108 cm³/mol. The van der Waals surface area contributed by atoms with Crippen LogP contribution in [0.4, 0.5) is 0 Å². The third kappa shape index (κ3) is 6.19. The van der Waals surface area contributed by atoms with Crippen LogP contribution < -0.4 is 0 Å². The van der Waals surface area contributed by atoms with Crippen LogP contribution in [0.15, 0.2) is 0 Å². The molecule has 0 bridgehead atoms. The van der Waals surface area contributed by atoms with Gasteiger partial charge in [-0.1, -0.05) is 0 Å². The van der Waals surface area contributed by atoms with Gasteiger partial charge in [0.2, 0.25) is 0 Å². The Hall–Kier alpha value is 2.17. The third-order valence-electron chi connectivity index (χ3n) is 4.83. The minimum atomic E-state index is -0.691. The van der Waals surface area contributed by atoms with Gasteiger partial charge in [-0.05, 0) is 0 Å². The fourth-order valence-electron chi connectivity index (χ4n) is 2.55. The number of hydrogen-bond donors (Lipinski definition) is 0. The van der Waals surface area contributed by atoms with Gasteiger partial charge >= 0.3 is 59.6 Å². The van der Waals surface area contributed by atoms with Crippen LogP contribution in [0.3, 0.4) is 0 Å². The zero-order chi connectivity index (χ0) is 16.8. The summed E-state index contributed by atoms with van der Waals surface area (Å²) in [5, 5.41) is -2.62. The van der Waals surface area contributed by atoms with Crippen molar-refractivity contribution in [1.29, 1.82) is 0 Å². The van der Waals surface area contributed by atoms with E-state index in [2.05, 4.69) is 27.7 Å². The number of hydrogen-bond acceptors (Lipinski definition) is 0. The molecule has 1 aliphatic carbocycles. The van der Waals surface area contributed by atoms with Crippen molar-refractivity contribution in [1.82, 2.24) is 0 Å². The van der Waals surface area contributed by atoms with Gasteiger partial charge in [-0.3, -0.25) is 0 Å². The Morgan fingerprint density at radius 1 is 0.476 bits per heavy atom. The Labute approximate surface area is 160 Å². The first kappa shape index (κ1) is 23.2. The SMILES string of the molecule is CC[PH](CC)(CC)CC.Cl[C@H]1[C@H](Cl)[C@@H](Cl)[C@@H](Cl)[C@H](Cl)[C@H]1Cl. The Morgan fingerprint density at radius 2 is 0.619 bits per heavy atom. The van der Waals surface area contributed by atoms with Crippen LogP contribution in [0, 0.1) is 0 Å². The molecule has 0 nitrogen and oxygen atoms in total. The molecule has 0 unspecified atom stereocenters. The molecule has 0 aliphatic heterocycles. The van der Waals surface area contributed by atoms with Crippen LogP contribution in [-0.2, 0) is 0 Å². The molecule has 1 saturated carbocycles. The van der Waals surface area contributed by atoms with E-state index in [1.54, 1.807) is 0 Å². The van der Waals surface area contributed by atoms with Crippen LogP contribution in [0.5, 0.6) is 0 Å². The average molecular weight is 439 g/mol. The molecule has 1 fully saturated rings. The fourth-order valence-corrected chi connectivity index (χ4v) is 7.88. The van der Waals surface area contributed by atoms with E-state index in [-0.39, 0.29) is 0 Å². The van der Waals surface area contributed by atoms with Crippen molar-refractivity contribution in [2.24, 2.45) is 0 Å². The van der Waals surface area contributed by atoms with Gasteiger partial charge in [0.15, 0.2) is 0 Å². The molecule has 7 heteroatoms. The summed E-state index contributed by atoms with van der Waals surface area (Å²) in [4.78, 5) is 0. The standard InChI is InChI=1S/C8H21P.C6H6Cl6/c1-5-9(6-2,7-3)8-4;7-1-2(8)4(10)6(12)5(11)3(1)9/h9H,5-8H2,1-4H3;1-6H/t;1-,2-,3-,4+,5+,6+. The van der Waals surface area contributed by atoms with Gasteiger partial charge < -0.3 is 0 Å². The largest absolute Gasteiger partial charge is 0.120 e. The zero-order valence-electron chi connectivity index (χ0n) is 13.1. The summed E-state index contributed by atoms with van der Waals surface area (Å²) >= 11 is 35.3. The molecule has 0 atom stereocenters. The van der Waals surface area contributed by atoms with Crippen molar-refractivity contribution >= 4 is 76.9 Å². The second-order valence-corrected chi connectivity index (χ2v) is 14.4. The fraction of sp³-hybridized carbons (Fsp3) is 1.00. The van der Waals surface area contributed by atoms with Crippen LogP contribution in [-0.4, -0.2) is 56.9 Å². The molecule has 0 N–H and O–H groups in total. The van der Waals surface area contributed by atoms with Crippen LogP contribution in [0.1, 0.15) is 27.7 Å². The Morgan fingerprint density at radius 3 is 0.667 bits per heavy atom. The van der Waals surface area contributed by atoms with Gasteiger partial charge in [0.25, 0.3) is 0 Å². The molecule has 0 aromatic rings. The molecule has 130 valence electrons. The summed E-state index contributed by atoms with van der Waals surface area (Å²) < 4.78 is 0. The van der Waals surface area contributed by atoms with Crippen molar-refractivity contribution in [3.63, 3.8) is 0 Å². The maximum atomic E-state index is 5.88. The van der Waals surface area contributed by atoms with E-state index in [9.17, 15) is 0 Å². The number of rotatable bonds is 4. The molecular weight excluding hydrogens is 412 g/mol. The quantitative estimate of drug-likeness (QED) is 0.349. The van der Waals surface area contributed by atoms with E-state index in [0.29, 0.717) is 0 Å². The molecule has 1 rings (SSSR count). The first-order chi connectivity index (χ1) is 9.71. The van der Waals surface area contributed by atoms with E-state index < -0.39 is 39.5 Å². The van der Waals surface area contributed by atoms with Crippen molar-refractivity contribution in [3.05, 3.63) is 0 Å². The van der Waals surface area contributed by atoms with Gasteiger partial charge in [0, 0.05) is 0 Å². The summed E-state index contributed by atoms with van der Waals surface area (Å²) in [6.45, 7) is 9.46. The maximum absolute atomic E-state index is 5.88. The van der Waals surface area contributed by atoms with E-state index in [1.165, 1.54) is 24.6 Å². The first-order valence-electron chi connectivity index (χ1n) is 7.55. The van der Waals surface area contributed by atoms with Gasteiger partial charge in [0.1, 0.15) is 0 Å². The van der Waals surface area contributed by atoms with Gasteiger partial charge in [-0.15, -0.1) is 69.6 Å². The molecule has 0 heterocycles. The molecule has 0 aromatic heterocycles.